The molecule has 0 radical (unpaired) electrons. The van der Waals surface area contributed by atoms with Crippen LogP contribution in [0.15, 0.2) is 18.2 Å². The number of ether oxygens (including phenoxy) is 1. The average molecular weight is 375 g/mol. The molecule has 0 heterocycles. The number of allylic oxidation sites excluding steroid dienone is 2. The highest BCUT2D eigenvalue weighted by Crippen LogP contribution is 2.42. The van der Waals surface area contributed by atoms with Gasteiger partial charge in [0.1, 0.15) is 0 Å². The average Bonchev–Trinajstić information content (AvgIpc) is 3.20. The first kappa shape index (κ1) is 19.0. The fourth-order valence-electron chi connectivity index (χ4n) is 5.34. The van der Waals surface area contributed by atoms with E-state index in [1.165, 1.54) is 25.7 Å². The van der Waals surface area contributed by atoms with Crippen molar-refractivity contribution in [2.75, 3.05) is 0 Å². The molecule has 0 saturated heterocycles. The maximum absolute atomic E-state index is 14.7. The smallest absolute Gasteiger partial charge is 0.201 e. The quantitative estimate of drug-likeness (QED) is 0.537. The Kier molecular flexibility index (Phi) is 5.85. The molecule has 0 aromatic heterocycles. The van der Waals surface area contributed by atoms with E-state index in [1.807, 2.05) is 0 Å². The van der Waals surface area contributed by atoms with Crippen LogP contribution in [0.25, 0.3) is 5.57 Å². The van der Waals surface area contributed by atoms with Crippen LogP contribution < -0.4 is 4.74 Å². The lowest BCUT2D eigenvalue weighted by atomic mass is 9.71. The van der Waals surface area contributed by atoms with Crippen LogP contribution in [0.3, 0.4) is 0 Å². The second-order valence-corrected chi connectivity index (χ2v) is 9.05. The maximum atomic E-state index is 14.7. The van der Waals surface area contributed by atoms with Crippen LogP contribution in [0, 0.1) is 29.4 Å². The molecule has 0 aliphatic heterocycles. The van der Waals surface area contributed by atoms with Gasteiger partial charge in [-0.3, -0.25) is 0 Å². The van der Waals surface area contributed by atoms with Crippen molar-refractivity contribution in [2.45, 2.75) is 83.7 Å². The van der Waals surface area contributed by atoms with E-state index in [0.717, 1.165) is 68.3 Å². The third-order valence-corrected chi connectivity index (χ3v) is 7.17. The van der Waals surface area contributed by atoms with Crippen molar-refractivity contribution in [3.05, 3.63) is 35.4 Å². The van der Waals surface area contributed by atoms with E-state index in [0.29, 0.717) is 5.56 Å². The van der Waals surface area contributed by atoms with E-state index in [1.54, 1.807) is 12.1 Å². The highest BCUT2D eigenvalue weighted by atomic mass is 19.2. The first-order valence-corrected chi connectivity index (χ1v) is 11.0. The van der Waals surface area contributed by atoms with Gasteiger partial charge in [-0.05, 0) is 93.2 Å². The normalized spacial score (nSPS) is 29.6. The molecule has 0 spiro atoms. The van der Waals surface area contributed by atoms with Crippen molar-refractivity contribution in [1.82, 2.24) is 0 Å². The molecule has 3 aliphatic rings. The van der Waals surface area contributed by atoms with Crippen molar-refractivity contribution < 1.29 is 13.5 Å². The third-order valence-electron chi connectivity index (χ3n) is 7.17. The Morgan fingerprint density at radius 1 is 0.852 bits per heavy atom. The number of hydrogen-bond donors (Lipinski definition) is 0. The van der Waals surface area contributed by atoms with Crippen molar-refractivity contribution >= 4 is 5.57 Å². The molecule has 148 valence electrons. The number of benzene rings is 1. The molecule has 1 unspecified atom stereocenters. The minimum Gasteiger partial charge on any atom is -0.487 e. The number of rotatable bonds is 4. The third kappa shape index (κ3) is 4.22. The van der Waals surface area contributed by atoms with Gasteiger partial charge in [-0.2, -0.15) is 4.39 Å². The van der Waals surface area contributed by atoms with Crippen LogP contribution in [0.2, 0.25) is 0 Å². The van der Waals surface area contributed by atoms with Gasteiger partial charge in [-0.15, -0.1) is 0 Å². The minimum atomic E-state index is -0.816. The van der Waals surface area contributed by atoms with Gasteiger partial charge >= 0.3 is 0 Å². The molecule has 1 atom stereocenters. The van der Waals surface area contributed by atoms with E-state index in [9.17, 15) is 8.78 Å². The summed E-state index contributed by atoms with van der Waals surface area (Å²) in [5.74, 6) is 0.944. The highest BCUT2D eigenvalue weighted by Gasteiger charge is 2.29. The summed E-state index contributed by atoms with van der Waals surface area (Å²) in [5.41, 5.74) is 1.40. The molecule has 2 saturated carbocycles. The first-order chi connectivity index (χ1) is 13.1. The molecule has 0 amide bonds. The summed E-state index contributed by atoms with van der Waals surface area (Å²) in [5, 5.41) is 0. The SMILES string of the molecule is CC1CCC(C2CC=C(c3ccc(OC4CCCC4)c(F)c3F)CC2)CC1. The Labute approximate surface area is 162 Å². The van der Waals surface area contributed by atoms with E-state index in [2.05, 4.69) is 13.0 Å². The van der Waals surface area contributed by atoms with Crippen LogP contribution in [0.5, 0.6) is 5.75 Å². The fraction of sp³-hybridized carbons (Fsp3) is 0.667. The monoisotopic (exact) mass is 374 g/mol. The van der Waals surface area contributed by atoms with Crippen LogP contribution in [0.1, 0.15) is 83.1 Å². The van der Waals surface area contributed by atoms with Gasteiger partial charge in [0.25, 0.3) is 0 Å². The van der Waals surface area contributed by atoms with Crippen LogP contribution in [0.4, 0.5) is 8.78 Å². The zero-order valence-electron chi connectivity index (χ0n) is 16.5. The van der Waals surface area contributed by atoms with Crippen molar-refractivity contribution in [2.24, 2.45) is 17.8 Å². The van der Waals surface area contributed by atoms with Crippen molar-refractivity contribution in [3.8, 4) is 5.75 Å². The van der Waals surface area contributed by atoms with Gasteiger partial charge in [0.05, 0.1) is 6.10 Å². The molecule has 1 aromatic carbocycles. The lowest BCUT2D eigenvalue weighted by Crippen LogP contribution is -2.22. The van der Waals surface area contributed by atoms with Gasteiger partial charge in [0.2, 0.25) is 5.82 Å². The summed E-state index contributed by atoms with van der Waals surface area (Å²) in [6.07, 6.45) is 14.7. The molecule has 4 rings (SSSR count). The van der Waals surface area contributed by atoms with E-state index >= 15 is 0 Å². The molecule has 2 fully saturated rings. The Bertz CT molecular complexity index is 682. The largest absolute Gasteiger partial charge is 0.487 e. The predicted molar refractivity (Wildman–Crippen MR) is 106 cm³/mol. The summed E-state index contributed by atoms with van der Waals surface area (Å²) >= 11 is 0. The zero-order valence-corrected chi connectivity index (χ0v) is 16.5. The standard InChI is InChI=1S/C24H32F2O/c1-16-6-8-17(9-7-16)18-10-12-19(13-11-18)21-14-15-22(24(26)23(21)25)27-20-4-2-3-5-20/h12,14-18,20H,2-11,13H2,1H3. The Balaban J connectivity index is 1.43. The van der Waals surface area contributed by atoms with E-state index in [4.69, 9.17) is 4.74 Å². The van der Waals surface area contributed by atoms with Gasteiger partial charge in [0.15, 0.2) is 11.6 Å². The number of halogens is 2. The Morgan fingerprint density at radius 2 is 1.59 bits per heavy atom. The van der Waals surface area contributed by atoms with Crippen LogP contribution in [-0.2, 0) is 0 Å². The van der Waals surface area contributed by atoms with E-state index < -0.39 is 11.6 Å². The van der Waals surface area contributed by atoms with Gasteiger partial charge in [0, 0.05) is 5.56 Å². The molecule has 0 bridgehead atoms. The summed E-state index contributed by atoms with van der Waals surface area (Å²) in [7, 11) is 0. The highest BCUT2D eigenvalue weighted by molar-refractivity contribution is 5.67. The number of hydrogen-bond acceptors (Lipinski definition) is 1. The summed E-state index contributed by atoms with van der Waals surface area (Å²) in [6.45, 7) is 2.35. The van der Waals surface area contributed by atoms with Crippen LogP contribution >= 0.6 is 0 Å². The second-order valence-electron chi connectivity index (χ2n) is 9.05. The van der Waals surface area contributed by atoms with Gasteiger partial charge < -0.3 is 4.74 Å². The fourth-order valence-corrected chi connectivity index (χ4v) is 5.34. The van der Waals surface area contributed by atoms with Crippen molar-refractivity contribution in [1.29, 1.82) is 0 Å². The summed E-state index contributed by atoms with van der Waals surface area (Å²) < 4.78 is 35.0. The summed E-state index contributed by atoms with van der Waals surface area (Å²) in [6, 6.07) is 3.35. The molecule has 3 aliphatic carbocycles. The molecule has 3 heteroatoms. The topological polar surface area (TPSA) is 9.23 Å². The minimum absolute atomic E-state index is 0.0395. The molecule has 0 N–H and O–H groups in total. The Morgan fingerprint density at radius 3 is 2.26 bits per heavy atom. The predicted octanol–water partition coefficient (Wildman–Crippen LogP) is 7.30. The first-order valence-electron chi connectivity index (χ1n) is 11.0. The zero-order chi connectivity index (χ0) is 18.8. The summed E-state index contributed by atoms with van der Waals surface area (Å²) in [4.78, 5) is 0. The Hall–Kier alpha value is -1.38. The maximum Gasteiger partial charge on any atom is 0.201 e. The van der Waals surface area contributed by atoms with Crippen LogP contribution in [-0.4, -0.2) is 6.10 Å². The molecular formula is C24H32F2O. The molecular weight excluding hydrogens is 342 g/mol. The van der Waals surface area contributed by atoms with Gasteiger partial charge in [-0.1, -0.05) is 25.8 Å². The molecule has 27 heavy (non-hydrogen) atoms. The lowest BCUT2D eigenvalue weighted by Gasteiger charge is -2.34. The van der Waals surface area contributed by atoms with Gasteiger partial charge in [-0.25, -0.2) is 4.39 Å². The van der Waals surface area contributed by atoms with Crippen molar-refractivity contribution in [3.63, 3.8) is 0 Å². The molecule has 1 nitrogen and oxygen atoms in total. The second kappa shape index (κ2) is 8.32. The molecule has 1 aromatic rings. The lowest BCUT2D eigenvalue weighted by molar-refractivity contribution is 0.198. The van der Waals surface area contributed by atoms with E-state index in [-0.39, 0.29) is 11.9 Å².